The molecule has 1 fully saturated rings. The van der Waals surface area contributed by atoms with Gasteiger partial charge in [0.15, 0.2) is 11.5 Å². The number of methoxy groups -OCH3 is 1. The van der Waals surface area contributed by atoms with E-state index in [0.717, 1.165) is 19.5 Å². The van der Waals surface area contributed by atoms with Gasteiger partial charge in [-0.05, 0) is 25.1 Å². The molecule has 17 heavy (non-hydrogen) atoms. The normalized spacial score (nSPS) is 18.0. The second kappa shape index (κ2) is 6.33. The fourth-order valence-corrected chi connectivity index (χ4v) is 1.78. The summed E-state index contributed by atoms with van der Waals surface area (Å²) in [5.41, 5.74) is 0.520. The van der Waals surface area contributed by atoms with Gasteiger partial charge in [0, 0.05) is 6.54 Å². The van der Waals surface area contributed by atoms with Gasteiger partial charge in [0.2, 0.25) is 0 Å². The van der Waals surface area contributed by atoms with Crippen LogP contribution in [0.1, 0.15) is 12.0 Å². The number of hydrogen-bond donors (Lipinski definition) is 1. The molecule has 0 amide bonds. The number of halogens is 1. The van der Waals surface area contributed by atoms with E-state index >= 15 is 0 Å². The Morgan fingerprint density at radius 1 is 1.47 bits per heavy atom. The SMILES string of the molecule is COc1cccc(C#N)c1OC1CCNC1.Cl. The van der Waals surface area contributed by atoms with Crippen molar-refractivity contribution in [2.45, 2.75) is 12.5 Å². The van der Waals surface area contributed by atoms with E-state index in [2.05, 4.69) is 11.4 Å². The van der Waals surface area contributed by atoms with Gasteiger partial charge in [0.25, 0.3) is 0 Å². The van der Waals surface area contributed by atoms with Crippen LogP contribution < -0.4 is 14.8 Å². The predicted molar refractivity (Wildman–Crippen MR) is 66.9 cm³/mol. The number of nitriles is 1. The molecule has 1 unspecified atom stereocenters. The van der Waals surface area contributed by atoms with Crippen molar-refractivity contribution in [2.75, 3.05) is 20.2 Å². The predicted octanol–water partition coefficient (Wildman–Crippen LogP) is 1.73. The lowest BCUT2D eigenvalue weighted by molar-refractivity contribution is 0.212. The maximum atomic E-state index is 9.01. The van der Waals surface area contributed by atoms with Crippen LogP contribution in [0.5, 0.6) is 11.5 Å². The van der Waals surface area contributed by atoms with Crippen LogP contribution >= 0.6 is 12.4 Å². The van der Waals surface area contributed by atoms with Crippen LogP contribution in [0.15, 0.2) is 18.2 Å². The smallest absolute Gasteiger partial charge is 0.179 e. The summed E-state index contributed by atoms with van der Waals surface area (Å²) in [4.78, 5) is 0. The highest BCUT2D eigenvalue weighted by atomic mass is 35.5. The van der Waals surface area contributed by atoms with E-state index in [9.17, 15) is 0 Å². The Kier molecular flexibility index (Phi) is 5.08. The third kappa shape index (κ3) is 3.02. The van der Waals surface area contributed by atoms with E-state index in [1.807, 2.05) is 0 Å². The molecule has 0 saturated carbocycles. The van der Waals surface area contributed by atoms with Gasteiger partial charge in [0.1, 0.15) is 12.2 Å². The Labute approximate surface area is 107 Å². The highest BCUT2D eigenvalue weighted by Crippen LogP contribution is 2.32. The quantitative estimate of drug-likeness (QED) is 0.893. The molecule has 0 aromatic heterocycles. The van der Waals surface area contributed by atoms with Crippen molar-refractivity contribution in [1.82, 2.24) is 5.32 Å². The van der Waals surface area contributed by atoms with E-state index in [0.29, 0.717) is 17.1 Å². The number of nitrogens with one attached hydrogen (secondary N) is 1. The van der Waals surface area contributed by atoms with E-state index < -0.39 is 0 Å². The molecule has 0 spiro atoms. The largest absolute Gasteiger partial charge is 0.493 e. The second-order valence-electron chi connectivity index (χ2n) is 3.68. The maximum Gasteiger partial charge on any atom is 0.179 e. The Morgan fingerprint density at radius 3 is 2.88 bits per heavy atom. The minimum absolute atomic E-state index is 0. The van der Waals surface area contributed by atoms with Crippen molar-refractivity contribution < 1.29 is 9.47 Å². The Bertz CT molecular complexity index is 411. The van der Waals surface area contributed by atoms with E-state index in [1.54, 1.807) is 25.3 Å². The molecule has 92 valence electrons. The zero-order chi connectivity index (χ0) is 11.4. The zero-order valence-corrected chi connectivity index (χ0v) is 10.4. The highest BCUT2D eigenvalue weighted by molar-refractivity contribution is 5.85. The Morgan fingerprint density at radius 2 is 2.29 bits per heavy atom. The number of nitrogens with zero attached hydrogens (tertiary/aromatic N) is 1. The lowest BCUT2D eigenvalue weighted by atomic mass is 10.2. The molecule has 1 aliphatic rings. The summed E-state index contributed by atoms with van der Waals surface area (Å²) in [6.45, 7) is 1.78. The van der Waals surface area contributed by atoms with Crippen LogP contribution in [0, 0.1) is 11.3 Å². The summed E-state index contributed by atoms with van der Waals surface area (Å²) in [5.74, 6) is 1.17. The summed E-state index contributed by atoms with van der Waals surface area (Å²) in [6.07, 6.45) is 1.09. The summed E-state index contributed by atoms with van der Waals surface area (Å²) < 4.78 is 11.0. The highest BCUT2D eigenvalue weighted by Gasteiger charge is 2.19. The zero-order valence-electron chi connectivity index (χ0n) is 9.60. The van der Waals surface area contributed by atoms with Crippen LogP contribution in [-0.4, -0.2) is 26.3 Å². The van der Waals surface area contributed by atoms with Gasteiger partial charge in [-0.3, -0.25) is 0 Å². The van der Waals surface area contributed by atoms with Crippen LogP contribution in [-0.2, 0) is 0 Å². The first kappa shape index (κ1) is 13.6. The Balaban J connectivity index is 0.00000144. The topological polar surface area (TPSA) is 54.3 Å². The Hall–Kier alpha value is -1.44. The molecule has 0 aliphatic carbocycles. The summed E-state index contributed by atoms with van der Waals surface area (Å²) in [6, 6.07) is 7.45. The molecule has 4 nitrogen and oxygen atoms in total. The average molecular weight is 255 g/mol. The number of hydrogen-bond acceptors (Lipinski definition) is 4. The van der Waals surface area contributed by atoms with Gasteiger partial charge in [-0.25, -0.2) is 0 Å². The van der Waals surface area contributed by atoms with Crippen molar-refractivity contribution in [2.24, 2.45) is 0 Å². The molecule has 0 bridgehead atoms. The van der Waals surface area contributed by atoms with Crippen LogP contribution in [0.2, 0.25) is 0 Å². The van der Waals surface area contributed by atoms with Crippen molar-refractivity contribution in [3.05, 3.63) is 23.8 Å². The molecular formula is C12H15ClN2O2. The van der Waals surface area contributed by atoms with Gasteiger partial charge < -0.3 is 14.8 Å². The standard InChI is InChI=1S/C12H14N2O2.ClH/c1-15-11-4-2-3-9(7-13)12(11)16-10-5-6-14-8-10;/h2-4,10,14H,5-6,8H2,1H3;1H. The molecule has 1 aromatic rings. The molecule has 1 heterocycles. The minimum atomic E-state index is 0. The summed E-state index contributed by atoms with van der Waals surface area (Å²) in [7, 11) is 1.58. The fourth-order valence-electron chi connectivity index (χ4n) is 1.78. The first-order valence-electron chi connectivity index (χ1n) is 5.29. The second-order valence-corrected chi connectivity index (χ2v) is 3.68. The van der Waals surface area contributed by atoms with Crippen molar-refractivity contribution in [3.63, 3.8) is 0 Å². The molecule has 2 rings (SSSR count). The molecule has 1 N–H and O–H groups in total. The molecule has 1 saturated heterocycles. The lowest BCUT2D eigenvalue weighted by Crippen LogP contribution is -2.20. The summed E-state index contributed by atoms with van der Waals surface area (Å²) >= 11 is 0. The first-order valence-corrected chi connectivity index (χ1v) is 5.29. The van der Waals surface area contributed by atoms with Crippen LogP contribution in [0.25, 0.3) is 0 Å². The number of rotatable bonds is 3. The average Bonchev–Trinajstić information content (AvgIpc) is 2.82. The van der Waals surface area contributed by atoms with Crippen molar-refractivity contribution in [1.29, 1.82) is 5.26 Å². The number of para-hydroxylation sites is 1. The van der Waals surface area contributed by atoms with Crippen LogP contribution in [0.3, 0.4) is 0 Å². The monoisotopic (exact) mass is 254 g/mol. The van der Waals surface area contributed by atoms with Crippen LogP contribution in [0.4, 0.5) is 0 Å². The van der Waals surface area contributed by atoms with Gasteiger partial charge in [0.05, 0.1) is 12.7 Å². The van der Waals surface area contributed by atoms with E-state index in [-0.39, 0.29) is 18.5 Å². The molecule has 1 atom stereocenters. The van der Waals surface area contributed by atoms with E-state index in [4.69, 9.17) is 14.7 Å². The third-order valence-corrected chi connectivity index (χ3v) is 2.62. The molecule has 5 heteroatoms. The molecule has 1 aromatic carbocycles. The molecule has 1 aliphatic heterocycles. The fraction of sp³-hybridized carbons (Fsp3) is 0.417. The minimum Gasteiger partial charge on any atom is -0.493 e. The van der Waals surface area contributed by atoms with Crippen molar-refractivity contribution >= 4 is 12.4 Å². The molecule has 0 radical (unpaired) electrons. The number of benzene rings is 1. The maximum absolute atomic E-state index is 9.01. The van der Waals surface area contributed by atoms with Gasteiger partial charge >= 0.3 is 0 Å². The third-order valence-electron chi connectivity index (χ3n) is 2.62. The van der Waals surface area contributed by atoms with Gasteiger partial charge in [-0.2, -0.15) is 5.26 Å². The van der Waals surface area contributed by atoms with Gasteiger partial charge in [-0.15, -0.1) is 12.4 Å². The van der Waals surface area contributed by atoms with E-state index in [1.165, 1.54) is 0 Å². The lowest BCUT2D eigenvalue weighted by Gasteiger charge is -2.16. The summed E-state index contributed by atoms with van der Waals surface area (Å²) in [5, 5.41) is 12.2. The molecular weight excluding hydrogens is 240 g/mol. The first-order chi connectivity index (χ1) is 7.85. The van der Waals surface area contributed by atoms with Crippen molar-refractivity contribution in [3.8, 4) is 17.6 Å². The van der Waals surface area contributed by atoms with Gasteiger partial charge in [-0.1, -0.05) is 6.07 Å². The number of ether oxygens (including phenoxy) is 2.